The lowest BCUT2D eigenvalue weighted by Crippen LogP contribution is -2.37. The first-order valence-electron chi connectivity index (χ1n) is 8.28. The maximum absolute atomic E-state index is 11.6. The summed E-state index contributed by atoms with van der Waals surface area (Å²) in [6, 6.07) is 5.24. The van der Waals surface area contributed by atoms with E-state index in [1.54, 1.807) is 28.0 Å². The van der Waals surface area contributed by atoms with E-state index in [2.05, 4.69) is 20.6 Å². The minimum atomic E-state index is 0.0547. The maximum Gasteiger partial charge on any atom is 0.250 e. The van der Waals surface area contributed by atoms with E-state index in [4.69, 9.17) is 0 Å². The minimum Gasteiger partial charge on any atom is -0.357 e. The molecule has 2 N–H and O–H groups in total. The van der Waals surface area contributed by atoms with Gasteiger partial charge in [0.1, 0.15) is 5.01 Å². The van der Waals surface area contributed by atoms with Gasteiger partial charge in [-0.1, -0.05) is 6.07 Å². The van der Waals surface area contributed by atoms with Crippen LogP contribution in [0.25, 0.3) is 0 Å². The van der Waals surface area contributed by atoms with E-state index < -0.39 is 0 Å². The quantitative estimate of drug-likeness (QED) is 0.436. The summed E-state index contributed by atoms with van der Waals surface area (Å²) >= 11 is 1.67. The Labute approximate surface area is 146 Å². The van der Waals surface area contributed by atoms with Crippen molar-refractivity contribution >= 4 is 17.3 Å². The molecule has 0 fully saturated rings. The van der Waals surface area contributed by atoms with Crippen LogP contribution in [0.5, 0.6) is 0 Å². The van der Waals surface area contributed by atoms with Gasteiger partial charge in [-0.2, -0.15) is 0 Å². The van der Waals surface area contributed by atoms with Gasteiger partial charge in [0, 0.05) is 43.0 Å². The van der Waals surface area contributed by atoms with E-state index in [1.165, 1.54) is 4.88 Å². The predicted molar refractivity (Wildman–Crippen MR) is 99.6 cm³/mol. The van der Waals surface area contributed by atoms with Crippen LogP contribution in [0.2, 0.25) is 0 Å². The van der Waals surface area contributed by atoms with Crippen LogP contribution in [0.4, 0.5) is 0 Å². The fraction of sp³-hybridized carbons (Fsp3) is 0.471. The van der Waals surface area contributed by atoms with E-state index >= 15 is 0 Å². The number of aromatic nitrogens is 2. The number of aliphatic imine (C=N–C) groups is 1. The number of aryl methyl sites for hydroxylation is 2. The Bertz CT molecular complexity index is 707. The third-order valence-corrected chi connectivity index (χ3v) is 4.30. The first kappa shape index (κ1) is 18.2. The molecule has 0 saturated carbocycles. The second-order valence-corrected chi connectivity index (χ2v) is 6.75. The fourth-order valence-electron chi connectivity index (χ4n) is 2.22. The molecular weight excluding hydrogens is 322 g/mol. The Kier molecular flexibility index (Phi) is 7.48. The molecule has 24 heavy (non-hydrogen) atoms. The molecule has 6 nitrogen and oxygen atoms in total. The fourth-order valence-corrected chi connectivity index (χ4v) is 2.93. The topological polar surface area (TPSA) is 71.3 Å². The van der Waals surface area contributed by atoms with Gasteiger partial charge in [-0.05, 0) is 32.8 Å². The van der Waals surface area contributed by atoms with Crippen molar-refractivity contribution < 1.29 is 0 Å². The van der Waals surface area contributed by atoms with Crippen LogP contribution in [0, 0.1) is 6.92 Å². The van der Waals surface area contributed by atoms with Crippen LogP contribution in [0.15, 0.2) is 40.4 Å². The zero-order valence-electron chi connectivity index (χ0n) is 14.3. The molecule has 2 rings (SSSR count). The van der Waals surface area contributed by atoms with Crippen molar-refractivity contribution in [3.8, 4) is 0 Å². The molecule has 0 aliphatic carbocycles. The molecular formula is C17H25N5OS. The number of pyridine rings is 1. The summed E-state index contributed by atoms with van der Waals surface area (Å²) in [7, 11) is 0. The molecule has 0 aliphatic heterocycles. The highest BCUT2D eigenvalue weighted by Gasteiger charge is 2.00. The van der Waals surface area contributed by atoms with Crippen molar-refractivity contribution in [1.82, 2.24) is 20.2 Å². The zero-order valence-corrected chi connectivity index (χ0v) is 15.1. The van der Waals surface area contributed by atoms with Crippen molar-refractivity contribution in [3.63, 3.8) is 0 Å². The van der Waals surface area contributed by atoms with Crippen molar-refractivity contribution in [1.29, 1.82) is 0 Å². The number of unbranched alkanes of at least 4 members (excludes halogenated alkanes) is 1. The Hall–Kier alpha value is -2.15. The molecule has 0 unspecified atom stereocenters. The van der Waals surface area contributed by atoms with Gasteiger partial charge in [-0.15, -0.1) is 11.3 Å². The van der Waals surface area contributed by atoms with E-state index in [-0.39, 0.29) is 5.56 Å². The molecule has 2 heterocycles. The molecule has 0 aromatic carbocycles. The van der Waals surface area contributed by atoms with Crippen LogP contribution >= 0.6 is 11.3 Å². The summed E-state index contributed by atoms with van der Waals surface area (Å²) in [5.41, 5.74) is 0.0547. The zero-order chi connectivity index (χ0) is 17.2. The maximum atomic E-state index is 11.6. The second kappa shape index (κ2) is 9.87. The molecule has 0 atom stereocenters. The average molecular weight is 347 g/mol. The normalized spacial score (nSPS) is 11.5. The third-order valence-electron chi connectivity index (χ3n) is 3.40. The monoisotopic (exact) mass is 347 g/mol. The largest absolute Gasteiger partial charge is 0.357 e. The van der Waals surface area contributed by atoms with Crippen molar-refractivity contribution in [3.05, 3.63) is 50.8 Å². The molecule has 130 valence electrons. The summed E-state index contributed by atoms with van der Waals surface area (Å²) in [5.74, 6) is 0.808. The summed E-state index contributed by atoms with van der Waals surface area (Å²) in [6.07, 6.45) is 5.63. The lowest BCUT2D eigenvalue weighted by molar-refractivity contribution is 0.585. The lowest BCUT2D eigenvalue weighted by Gasteiger charge is -2.11. The van der Waals surface area contributed by atoms with Crippen LogP contribution < -0.4 is 16.2 Å². The molecule has 0 aliphatic rings. The molecule has 0 saturated heterocycles. The first-order chi connectivity index (χ1) is 11.7. The Balaban J connectivity index is 1.73. The number of guanidine groups is 1. The van der Waals surface area contributed by atoms with E-state index in [9.17, 15) is 4.79 Å². The van der Waals surface area contributed by atoms with Gasteiger partial charge in [0.05, 0.1) is 6.54 Å². The van der Waals surface area contributed by atoms with Gasteiger partial charge in [0.2, 0.25) is 5.56 Å². The van der Waals surface area contributed by atoms with Crippen LogP contribution in [-0.2, 0) is 13.1 Å². The number of nitrogens with one attached hydrogen (secondary N) is 2. The summed E-state index contributed by atoms with van der Waals surface area (Å²) in [4.78, 5) is 21.7. The number of hydrogen-bond donors (Lipinski definition) is 2. The third kappa shape index (κ3) is 6.16. The van der Waals surface area contributed by atoms with Crippen molar-refractivity contribution in [2.45, 2.75) is 39.8 Å². The minimum absolute atomic E-state index is 0.0547. The molecule has 2 aromatic rings. The van der Waals surface area contributed by atoms with Gasteiger partial charge in [-0.3, -0.25) is 4.79 Å². The van der Waals surface area contributed by atoms with Gasteiger partial charge in [0.25, 0.3) is 0 Å². The lowest BCUT2D eigenvalue weighted by atomic mass is 10.3. The SMILES string of the molecule is CCNC(=NCc1ncc(C)s1)NCCCCn1ccccc1=O. The molecule has 7 heteroatoms. The van der Waals surface area contributed by atoms with Crippen LogP contribution in [0.1, 0.15) is 29.7 Å². The summed E-state index contributed by atoms with van der Waals surface area (Å²) in [6.45, 7) is 7.08. The van der Waals surface area contributed by atoms with Crippen LogP contribution in [0.3, 0.4) is 0 Å². The number of nitrogens with zero attached hydrogens (tertiary/aromatic N) is 3. The Morgan fingerprint density at radius 2 is 2.21 bits per heavy atom. The Morgan fingerprint density at radius 3 is 2.92 bits per heavy atom. The van der Waals surface area contributed by atoms with Gasteiger partial charge in [0.15, 0.2) is 5.96 Å². The first-order valence-corrected chi connectivity index (χ1v) is 9.09. The average Bonchev–Trinajstić information content (AvgIpc) is 2.99. The smallest absolute Gasteiger partial charge is 0.250 e. The highest BCUT2D eigenvalue weighted by molar-refractivity contribution is 7.11. The number of thiazole rings is 1. The predicted octanol–water partition coefficient (Wildman–Crippen LogP) is 2.15. The second-order valence-electron chi connectivity index (χ2n) is 5.43. The molecule has 0 radical (unpaired) electrons. The Morgan fingerprint density at radius 1 is 1.33 bits per heavy atom. The number of hydrogen-bond acceptors (Lipinski definition) is 4. The van der Waals surface area contributed by atoms with Gasteiger partial charge >= 0.3 is 0 Å². The highest BCUT2D eigenvalue weighted by Crippen LogP contribution is 2.11. The van der Waals surface area contributed by atoms with Gasteiger partial charge < -0.3 is 15.2 Å². The summed E-state index contributed by atoms with van der Waals surface area (Å²) < 4.78 is 1.74. The molecule has 2 aromatic heterocycles. The molecule has 0 spiro atoms. The standard InChI is InChI=1S/C17H25N5OS/c1-3-18-17(21-13-15-20-12-14(2)24-15)19-9-5-7-11-22-10-6-4-8-16(22)23/h4,6,8,10,12H,3,5,7,9,11,13H2,1-2H3,(H2,18,19,21). The van der Waals surface area contributed by atoms with Gasteiger partial charge in [-0.25, -0.2) is 9.98 Å². The molecule has 0 bridgehead atoms. The van der Waals surface area contributed by atoms with Crippen LogP contribution in [-0.4, -0.2) is 28.6 Å². The number of rotatable bonds is 8. The van der Waals surface area contributed by atoms with E-state index in [0.717, 1.165) is 43.4 Å². The van der Waals surface area contributed by atoms with Crippen molar-refractivity contribution in [2.75, 3.05) is 13.1 Å². The van der Waals surface area contributed by atoms with Crippen molar-refractivity contribution in [2.24, 2.45) is 4.99 Å². The molecule has 0 amide bonds. The van der Waals surface area contributed by atoms with E-state index in [1.807, 2.05) is 32.3 Å². The highest BCUT2D eigenvalue weighted by atomic mass is 32.1. The summed E-state index contributed by atoms with van der Waals surface area (Å²) in [5, 5.41) is 7.59. The van der Waals surface area contributed by atoms with E-state index in [0.29, 0.717) is 6.54 Å².